The van der Waals surface area contributed by atoms with Crippen LogP contribution >= 0.6 is 0 Å². The van der Waals surface area contributed by atoms with Gasteiger partial charge in [0.05, 0.1) is 11.5 Å². The third kappa shape index (κ3) is 2.79. The van der Waals surface area contributed by atoms with Gasteiger partial charge in [-0.3, -0.25) is 0 Å². The Morgan fingerprint density at radius 1 is 1.45 bits per heavy atom. The van der Waals surface area contributed by atoms with Crippen LogP contribution in [0.4, 0.5) is 5.82 Å². The molecule has 1 fully saturated rings. The molecular formula is C11H17N3O4S2. The summed E-state index contributed by atoms with van der Waals surface area (Å²) in [6.07, 6.45) is 1.49. The lowest BCUT2D eigenvalue weighted by Crippen LogP contribution is -2.49. The predicted octanol–water partition coefficient (Wildman–Crippen LogP) is -0.0691. The van der Waals surface area contributed by atoms with Crippen LogP contribution in [0.25, 0.3) is 0 Å². The van der Waals surface area contributed by atoms with Gasteiger partial charge >= 0.3 is 0 Å². The second kappa shape index (κ2) is 5.30. The Bertz CT molecular complexity index is 700. The van der Waals surface area contributed by atoms with E-state index >= 15 is 0 Å². The molecule has 2 heterocycles. The fourth-order valence-corrected chi connectivity index (χ4v) is 5.80. The van der Waals surface area contributed by atoms with Gasteiger partial charge in [0.25, 0.3) is 0 Å². The highest BCUT2D eigenvalue weighted by molar-refractivity contribution is 7.92. The zero-order valence-corrected chi connectivity index (χ0v) is 12.9. The molecule has 1 aliphatic rings. The Morgan fingerprint density at radius 3 is 2.75 bits per heavy atom. The molecule has 0 saturated carbocycles. The Hall–Kier alpha value is -1.19. The van der Waals surface area contributed by atoms with Gasteiger partial charge < -0.3 is 5.32 Å². The molecule has 1 aromatic rings. The number of anilines is 1. The van der Waals surface area contributed by atoms with Crippen LogP contribution in [-0.2, 0) is 19.9 Å². The lowest BCUT2D eigenvalue weighted by atomic mass is 10.4. The fourth-order valence-electron chi connectivity index (χ4n) is 2.25. The smallest absolute Gasteiger partial charge is 0.247 e. The molecule has 0 radical (unpaired) electrons. The Balaban J connectivity index is 2.41. The van der Waals surface area contributed by atoms with Crippen molar-refractivity contribution in [1.29, 1.82) is 0 Å². The summed E-state index contributed by atoms with van der Waals surface area (Å²) in [4.78, 5) is 4.04. The fraction of sp³-hybridized carbons (Fsp3) is 0.545. The van der Waals surface area contributed by atoms with Gasteiger partial charge in [-0.25, -0.2) is 21.8 Å². The van der Waals surface area contributed by atoms with Crippen molar-refractivity contribution in [2.24, 2.45) is 0 Å². The van der Waals surface area contributed by atoms with E-state index in [0.29, 0.717) is 0 Å². The Kier molecular flexibility index (Phi) is 4.03. The van der Waals surface area contributed by atoms with Crippen molar-refractivity contribution in [2.75, 3.05) is 30.4 Å². The van der Waals surface area contributed by atoms with Gasteiger partial charge in [-0.15, -0.1) is 0 Å². The van der Waals surface area contributed by atoms with Gasteiger partial charge in [-0.05, 0) is 19.1 Å². The number of hydrogen-bond acceptors (Lipinski definition) is 6. The summed E-state index contributed by atoms with van der Waals surface area (Å²) in [5, 5.41) is 2.74. The molecule has 1 saturated heterocycles. The predicted molar refractivity (Wildman–Crippen MR) is 75.8 cm³/mol. The molecule has 7 nitrogen and oxygen atoms in total. The SMILES string of the molecule is CNc1ncccc1S(=O)(=O)N1CCS(=O)(=O)CC1C. The Labute approximate surface area is 119 Å². The molecule has 1 atom stereocenters. The number of rotatable bonds is 3. The molecule has 0 amide bonds. The number of sulfone groups is 1. The standard InChI is InChI=1S/C11H17N3O4S2/c1-9-8-19(15,16)7-6-14(9)20(17,18)10-4-3-5-13-11(10)12-2/h3-5,9H,6-8H2,1-2H3,(H,12,13). The average Bonchev–Trinajstić information content (AvgIpc) is 2.37. The highest BCUT2D eigenvalue weighted by Crippen LogP contribution is 2.26. The van der Waals surface area contributed by atoms with Gasteiger partial charge in [0.1, 0.15) is 10.7 Å². The van der Waals surface area contributed by atoms with Crippen LogP contribution in [0.5, 0.6) is 0 Å². The molecule has 20 heavy (non-hydrogen) atoms. The topological polar surface area (TPSA) is 96.4 Å². The molecule has 1 N–H and O–H groups in total. The zero-order chi connectivity index (χ0) is 15.0. The number of aromatic nitrogens is 1. The van der Waals surface area contributed by atoms with E-state index in [0.717, 1.165) is 0 Å². The van der Waals surface area contributed by atoms with E-state index in [1.807, 2.05) is 0 Å². The first-order valence-corrected chi connectivity index (χ1v) is 9.39. The first-order valence-electron chi connectivity index (χ1n) is 6.13. The third-order valence-electron chi connectivity index (χ3n) is 3.20. The first-order chi connectivity index (χ1) is 9.28. The molecule has 9 heteroatoms. The van der Waals surface area contributed by atoms with Gasteiger partial charge in [-0.2, -0.15) is 4.31 Å². The molecular weight excluding hydrogens is 302 g/mol. The summed E-state index contributed by atoms with van der Waals surface area (Å²) in [7, 11) is -5.33. The van der Waals surface area contributed by atoms with Crippen LogP contribution in [0.2, 0.25) is 0 Å². The minimum absolute atomic E-state index is 0.0239. The highest BCUT2D eigenvalue weighted by atomic mass is 32.2. The van der Waals surface area contributed by atoms with E-state index in [4.69, 9.17) is 0 Å². The van der Waals surface area contributed by atoms with E-state index in [1.54, 1.807) is 20.0 Å². The molecule has 0 spiro atoms. The monoisotopic (exact) mass is 319 g/mol. The van der Waals surface area contributed by atoms with E-state index in [-0.39, 0.29) is 28.8 Å². The van der Waals surface area contributed by atoms with E-state index in [2.05, 4.69) is 10.3 Å². The van der Waals surface area contributed by atoms with Crippen LogP contribution < -0.4 is 5.32 Å². The second-order valence-corrected chi connectivity index (χ2v) is 8.77. The van der Waals surface area contributed by atoms with Crippen LogP contribution in [-0.4, -0.2) is 57.3 Å². The van der Waals surface area contributed by atoms with E-state index in [9.17, 15) is 16.8 Å². The lowest BCUT2D eigenvalue weighted by Gasteiger charge is -2.32. The summed E-state index contributed by atoms with van der Waals surface area (Å²) < 4.78 is 49.6. The van der Waals surface area contributed by atoms with Crippen LogP contribution in [0.1, 0.15) is 6.92 Å². The lowest BCUT2D eigenvalue weighted by molar-refractivity contribution is 0.357. The summed E-state index contributed by atoms with van der Waals surface area (Å²) >= 11 is 0. The second-order valence-electron chi connectivity index (χ2n) is 4.68. The number of hydrogen-bond donors (Lipinski definition) is 1. The largest absolute Gasteiger partial charge is 0.372 e. The van der Waals surface area contributed by atoms with Crippen LogP contribution in [0.3, 0.4) is 0 Å². The summed E-state index contributed by atoms with van der Waals surface area (Å²) in [5.41, 5.74) is 0. The van der Waals surface area contributed by atoms with Crippen molar-refractivity contribution in [3.63, 3.8) is 0 Å². The van der Waals surface area contributed by atoms with Gasteiger partial charge in [0, 0.05) is 25.8 Å². The normalized spacial score (nSPS) is 23.4. The van der Waals surface area contributed by atoms with E-state index in [1.165, 1.54) is 16.6 Å². The van der Waals surface area contributed by atoms with Crippen LogP contribution in [0.15, 0.2) is 23.2 Å². The number of sulfonamides is 1. The van der Waals surface area contributed by atoms with Gasteiger partial charge in [-0.1, -0.05) is 0 Å². The molecule has 0 bridgehead atoms. The Morgan fingerprint density at radius 2 is 2.15 bits per heavy atom. The summed E-state index contributed by atoms with van der Waals surface area (Å²) in [6.45, 7) is 1.58. The molecule has 1 aliphatic heterocycles. The summed E-state index contributed by atoms with van der Waals surface area (Å²) in [5.74, 6) is -0.0410. The zero-order valence-electron chi connectivity index (χ0n) is 11.3. The van der Waals surface area contributed by atoms with Crippen molar-refractivity contribution in [3.05, 3.63) is 18.3 Å². The van der Waals surface area contributed by atoms with E-state index < -0.39 is 25.9 Å². The van der Waals surface area contributed by atoms with Crippen molar-refractivity contribution < 1.29 is 16.8 Å². The molecule has 112 valence electrons. The van der Waals surface area contributed by atoms with Gasteiger partial charge in [0.15, 0.2) is 9.84 Å². The maximum absolute atomic E-state index is 12.6. The minimum atomic E-state index is -3.76. The number of nitrogens with zero attached hydrogens (tertiary/aromatic N) is 2. The molecule has 1 aromatic heterocycles. The van der Waals surface area contributed by atoms with Crippen molar-refractivity contribution in [1.82, 2.24) is 9.29 Å². The number of pyridine rings is 1. The average molecular weight is 319 g/mol. The third-order valence-corrected chi connectivity index (χ3v) is 7.04. The van der Waals surface area contributed by atoms with Crippen LogP contribution in [0, 0.1) is 0 Å². The highest BCUT2D eigenvalue weighted by Gasteiger charge is 2.37. The van der Waals surface area contributed by atoms with Crippen molar-refractivity contribution in [2.45, 2.75) is 17.9 Å². The first kappa shape index (κ1) is 15.2. The molecule has 0 aromatic carbocycles. The number of nitrogens with one attached hydrogen (secondary N) is 1. The molecule has 1 unspecified atom stereocenters. The molecule has 2 rings (SSSR count). The maximum atomic E-state index is 12.6. The van der Waals surface area contributed by atoms with Gasteiger partial charge in [0.2, 0.25) is 10.0 Å². The van der Waals surface area contributed by atoms with Crippen molar-refractivity contribution in [3.8, 4) is 0 Å². The quantitative estimate of drug-likeness (QED) is 0.838. The summed E-state index contributed by atoms with van der Waals surface area (Å²) in [6, 6.07) is 2.42. The van der Waals surface area contributed by atoms with Crippen molar-refractivity contribution >= 4 is 25.7 Å². The minimum Gasteiger partial charge on any atom is -0.372 e. The maximum Gasteiger partial charge on any atom is 0.247 e. The molecule has 0 aliphatic carbocycles.